The zero-order valence-corrected chi connectivity index (χ0v) is 18.3. The minimum absolute atomic E-state index is 0.223. The van der Waals surface area contributed by atoms with Gasteiger partial charge in [-0.25, -0.2) is 9.59 Å². The second-order valence-electron chi connectivity index (χ2n) is 8.69. The van der Waals surface area contributed by atoms with Gasteiger partial charge in [-0.2, -0.15) is 0 Å². The fraction of sp³-hybridized carbons (Fsp3) is 0.133. The Balaban J connectivity index is 1.46. The molecule has 34 heavy (non-hydrogen) atoms. The Morgan fingerprint density at radius 3 is 1.06 bits per heavy atom. The Labute approximate surface area is 197 Å². The predicted octanol–water partition coefficient (Wildman–Crippen LogP) is 5.73. The first-order valence-corrected chi connectivity index (χ1v) is 11.4. The number of hydrogen-bond acceptors (Lipinski definition) is 4. The molecule has 0 saturated carbocycles. The number of rotatable bonds is 4. The molecule has 166 valence electrons. The molecule has 2 bridgehead atoms. The normalized spacial score (nSPS) is 21.8. The first-order valence-electron chi connectivity index (χ1n) is 11.4. The van der Waals surface area contributed by atoms with Crippen LogP contribution in [0.3, 0.4) is 0 Å². The second kappa shape index (κ2) is 8.31. The van der Waals surface area contributed by atoms with Gasteiger partial charge in [0, 0.05) is 0 Å². The largest absolute Gasteiger partial charge is 0.454 e. The maximum Gasteiger partial charge on any atom is 0.338 e. The Hall–Kier alpha value is -4.18. The van der Waals surface area contributed by atoms with Gasteiger partial charge in [-0.15, -0.1) is 0 Å². The van der Waals surface area contributed by atoms with Gasteiger partial charge in [0.15, 0.2) is 12.2 Å². The lowest BCUT2D eigenvalue weighted by atomic mass is 9.61. The molecule has 0 heterocycles. The van der Waals surface area contributed by atoms with Crippen LogP contribution in [0.4, 0.5) is 0 Å². The van der Waals surface area contributed by atoms with Gasteiger partial charge < -0.3 is 9.47 Å². The summed E-state index contributed by atoms with van der Waals surface area (Å²) in [5, 5.41) is 0. The van der Waals surface area contributed by atoms with Crippen LogP contribution in [0, 0.1) is 0 Å². The highest BCUT2D eigenvalue weighted by atomic mass is 16.6. The van der Waals surface area contributed by atoms with Crippen molar-refractivity contribution < 1.29 is 19.1 Å². The van der Waals surface area contributed by atoms with Crippen LogP contribution >= 0.6 is 0 Å². The quantitative estimate of drug-likeness (QED) is 0.376. The lowest BCUT2D eigenvalue weighted by Crippen LogP contribution is -2.51. The number of carbonyl (C=O) groups excluding carboxylic acids is 2. The average molecular weight is 447 g/mol. The summed E-state index contributed by atoms with van der Waals surface area (Å²) in [5.41, 5.74) is 5.40. The van der Waals surface area contributed by atoms with Gasteiger partial charge in [-0.1, -0.05) is 84.9 Å². The average Bonchev–Trinajstić information content (AvgIpc) is 2.90. The zero-order chi connectivity index (χ0) is 23.1. The highest BCUT2D eigenvalue weighted by Crippen LogP contribution is 2.54. The minimum atomic E-state index is -0.643. The van der Waals surface area contributed by atoms with E-state index in [1.54, 1.807) is 48.5 Å². The van der Waals surface area contributed by atoms with E-state index < -0.39 is 24.1 Å². The van der Waals surface area contributed by atoms with Crippen LogP contribution in [0.15, 0.2) is 109 Å². The Bertz CT molecular complexity index is 1210. The lowest BCUT2D eigenvalue weighted by Gasteiger charge is -2.49. The van der Waals surface area contributed by atoms with E-state index in [-0.39, 0.29) is 11.8 Å². The van der Waals surface area contributed by atoms with E-state index in [4.69, 9.17) is 9.47 Å². The third-order valence-electron chi connectivity index (χ3n) is 6.82. The Kier molecular flexibility index (Phi) is 4.99. The molecule has 0 aliphatic heterocycles. The third-order valence-corrected chi connectivity index (χ3v) is 6.82. The third kappa shape index (κ3) is 3.30. The predicted molar refractivity (Wildman–Crippen MR) is 128 cm³/mol. The smallest absolute Gasteiger partial charge is 0.338 e. The van der Waals surface area contributed by atoms with Crippen molar-refractivity contribution in [2.45, 2.75) is 24.0 Å². The van der Waals surface area contributed by atoms with Crippen molar-refractivity contribution in [3.8, 4) is 0 Å². The van der Waals surface area contributed by atoms with Gasteiger partial charge in [0.2, 0.25) is 0 Å². The van der Waals surface area contributed by atoms with Gasteiger partial charge in [0.25, 0.3) is 0 Å². The summed E-state index contributed by atoms with van der Waals surface area (Å²) in [6.07, 6.45) is -1.29. The van der Waals surface area contributed by atoms with Crippen LogP contribution in [0.25, 0.3) is 0 Å². The van der Waals surface area contributed by atoms with Gasteiger partial charge in [-0.3, -0.25) is 0 Å². The summed E-state index contributed by atoms with van der Waals surface area (Å²) < 4.78 is 12.3. The van der Waals surface area contributed by atoms with E-state index in [0.717, 1.165) is 22.3 Å². The molecular formula is C30H22O4. The Morgan fingerprint density at radius 2 is 0.735 bits per heavy atom. The fourth-order valence-electron chi connectivity index (χ4n) is 5.38. The standard InChI is InChI=1S/C30H22O4/c31-29(19-11-3-1-4-12-19)33-27-25-21-15-7-9-17-23(21)26(24-18-10-8-16-22(24)25)28(27)34-30(32)20-13-5-2-6-14-20/h1-18,25-28H/t25-,26+,27-,28+. The summed E-state index contributed by atoms with van der Waals surface area (Å²) in [7, 11) is 0. The van der Waals surface area contributed by atoms with Crippen LogP contribution < -0.4 is 0 Å². The molecular weight excluding hydrogens is 424 g/mol. The highest BCUT2D eigenvalue weighted by molar-refractivity contribution is 5.90. The van der Waals surface area contributed by atoms with Crippen molar-refractivity contribution in [3.05, 3.63) is 143 Å². The molecule has 4 nitrogen and oxygen atoms in total. The molecule has 0 aromatic heterocycles. The Morgan fingerprint density at radius 1 is 0.441 bits per heavy atom. The molecule has 3 aliphatic carbocycles. The number of esters is 2. The molecule has 0 unspecified atom stereocenters. The number of carbonyl (C=O) groups is 2. The van der Waals surface area contributed by atoms with E-state index in [1.807, 2.05) is 36.4 Å². The first-order chi connectivity index (χ1) is 16.7. The molecule has 0 N–H and O–H groups in total. The van der Waals surface area contributed by atoms with E-state index in [1.165, 1.54) is 0 Å². The zero-order valence-electron chi connectivity index (χ0n) is 18.3. The van der Waals surface area contributed by atoms with E-state index in [2.05, 4.69) is 24.3 Å². The SMILES string of the molecule is O=C(O[C@@H]1[C@H]2c3ccccc3[C@H](c3ccccc32)[C@@H]1OC(=O)c1ccccc1)c1ccccc1. The fourth-order valence-corrected chi connectivity index (χ4v) is 5.38. The van der Waals surface area contributed by atoms with Gasteiger partial charge in [0.05, 0.1) is 23.0 Å². The van der Waals surface area contributed by atoms with Crippen LogP contribution in [0.2, 0.25) is 0 Å². The number of ether oxygens (including phenoxy) is 2. The van der Waals surface area contributed by atoms with Crippen molar-refractivity contribution in [2.75, 3.05) is 0 Å². The molecule has 4 aromatic carbocycles. The van der Waals surface area contributed by atoms with Crippen LogP contribution in [-0.4, -0.2) is 24.1 Å². The molecule has 0 spiro atoms. The maximum atomic E-state index is 13.2. The van der Waals surface area contributed by atoms with Crippen molar-refractivity contribution in [1.29, 1.82) is 0 Å². The number of hydrogen-bond donors (Lipinski definition) is 0. The first kappa shape index (κ1) is 20.4. The monoisotopic (exact) mass is 446 g/mol. The van der Waals surface area contributed by atoms with Gasteiger partial charge in [0.1, 0.15) is 0 Å². The number of fused-ring (bicyclic) bond motifs is 1. The number of benzene rings is 4. The van der Waals surface area contributed by atoms with Gasteiger partial charge in [-0.05, 0) is 46.5 Å². The summed E-state index contributed by atoms with van der Waals surface area (Å²) in [6, 6.07) is 34.2. The summed E-state index contributed by atoms with van der Waals surface area (Å²) in [5.74, 6) is -1.29. The highest BCUT2D eigenvalue weighted by Gasteiger charge is 2.53. The van der Waals surface area contributed by atoms with Crippen LogP contribution in [0.1, 0.15) is 54.8 Å². The lowest BCUT2D eigenvalue weighted by molar-refractivity contribution is -0.0557. The van der Waals surface area contributed by atoms with Crippen LogP contribution in [-0.2, 0) is 9.47 Å². The molecule has 0 fully saturated rings. The molecule has 0 saturated heterocycles. The summed E-state index contributed by atoms with van der Waals surface area (Å²) >= 11 is 0. The van der Waals surface area contributed by atoms with E-state index >= 15 is 0 Å². The topological polar surface area (TPSA) is 52.6 Å². The minimum Gasteiger partial charge on any atom is -0.454 e. The molecule has 2 atom stereocenters. The van der Waals surface area contributed by atoms with Gasteiger partial charge >= 0.3 is 11.9 Å². The van der Waals surface area contributed by atoms with E-state index in [9.17, 15) is 9.59 Å². The molecule has 7 rings (SSSR count). The molecule has 0 radical (unpaired) electrons. The molecule has 3 aliphatic rings. The molecule has 4 aromatic rings. The molecule has 4 heteroatoms. The van der Waals surface area contributed by atoms with Crippen molar-refractivity contribution in [2.24, 2.45) is 0 Å². The summed E-state index contributed by atoms with van der Waals surface area (Å²) in [4.78, 5) is 26.3. The van der Waals surface area contributed by atoms with Crippen molar-refractivity contribution >= 4 is 11.9 Å². The molecule has 0 amide bonds. The van der Waals surface area contributed by atoms with Crippen molar-refractivity contribution in [1.82, 2.24) is 0 Å². The summed E-state index contributed by atoms with van der Waals surface area (Å²) in [6.45, 7) is 0. The van der Waals surface area contributed by atoms with E-state index in [0.29, 0.717) is 11.1 Å². The maximum absolute atomic E-state index is 13.2. The second-order valence-corrected chi connectivity index (χ2v) is 8.69. The van der Waals surface area contributed by atoms with Crippen LogP contribution in [0.5, 0.6) is 0 Å². The van der Waals surface area contributed by atoms with Crippen molar-refractivity contribution in [3.63, 3.8) is 0 Å².